The third kappa shape index (κ3) is 2.70. The van der Waals surface area contributed by atoms with Crippen LogP contribution in [0.2, 0.25) is 0 Å². The zero-order chi connectivity index (χ0) is 15.1. The maximum atomic E-state index is 12.5. The number of rotatable bonds is 1. The molecule has 21 heavy (non-hydrogen) atoms. The van der Waals surface area contributed by atoms with Crippen LogP contribution in [0.15, 0.2) is 24.3 Å². The second-order valence-electron chi connectivity index (χ2n) is 5.46. The Kier molecular flexibility index (Phi) is 3.32. The van der Waals surface area contributed by atoms with Crippen molar-refractivity contribution in [3.63, 3.8) is 0 Å². The van der Waals surface area contributed by atoms with Gasteiger partial charge in [0, 0.05) is 12.2 Å². The van der Waals surface area contributed by atoms with Crippen LogP contribution in [0.25, 0.3) is 0 Å². The number of carbonyl (C=O) groups excluding carboxylic acids is 1. The average Bonchev–Trinajstić information content (AvgIpc) is 2.75. The highest BCUT2D eigenvalue weighted by Gasteiger charge is 2.46. The molecule has 0 aliphatic carbocycles. The van der Waals surface area contributed by atoms with Crippen molar-refractivity contribution in [3.8, 4) is 0 Å². The molecule has 1 N–H and O–H groups in total. The first kappa shape index (κ1) is 14.2. The molecule has 7 heteroatoms. The number of anilines is 1. The fourth-order valence-corrected chi connectivity index (χ4v) is 2.81. The number of benzene rings is 1. The Morgan fingerprint density at radius 3 is 2.52 bits per heavy atom. The van der Waals surface area contributed by atoms with Crippen LogP contribution < -0.4 is 10.2 Å². The lowest BCUT2D eigenvalue weighted by atomic mass is 9.94. The molecule has 4 nitrogen and oxygen atoms in total. The molecule has 2 fully saturated rings. The van der Waals surface area contributed by atoms with Gasteiger partial charge in [-0.25, -0.2) is 4.79 Å². The molecule has 0 saturated carbocycles. The molecule has 0 aromatic heterocycles. The predicted octanol–water partition coefficient (Wildman–Crippen LogP) is 2.78. The molecule has 2 aliphatic rings. The van der Waals surface area contributed by atoms with Gasteiger partial charge in [-0.1, -0.05) is 0 Å². The molecule has 1 amide bonds. The number of piperidine rings is 1. The van der Waals surface area contributed by atoms with Crippen LogP contribution >= 0.6 is 0 Å². The summed E-state index contributed by atoms with van der Waals surface area (Å²) in [6.07, 6.45) is -3.20. The Labute approximate surface area is 119 Å². The topological polar surface area (TPSA) is 41.6 Å². The smallest absolute Gasteiger partial charge is 0.416 e. The van der Waals surface area contributed by atoms with Crippen LogP contribution in [0.5, 0.6) is 0 Å². The number of hydrogen-bond acceptors (Lipinski definition) is 3. The van der Waals surface area contributed by atoms with Crippen LogP contribution in [0.1, 0.15) is 18.4 Å². The van der Waals surface area contributed by atoms with Crippen molar-refractivity contribution >= 4 is 11.8 Å². The minimum Gasteiger partial charge on any atom is -0.439 e. The summed E-state index contributed by atoms with van der Waals surface area (Å²) in [4.78, 5) is 13.4. The molecule has 0 radical (unpaired) electrons. The van der Waals surface area contributed by atoms with Gasteiger partial charge in [-0.15, -0.1) is 0 Å². The second-order valence-corrected chi connectivity index (χ2v) is 5.46. The number of halogens is 3. The van der Waals surface area contributed by atoms with Crippen LogP contribution in [0, 0.1) is 0 Å². The maximum absolute atomic E-state index is 12.5. The summed E-state index contributed by atoms with van der Waals surface area (Å²) in [5.74, 6) is 0. The highest BCUT2D eigenvalue weighted by atomic mass is 19.4. The van der Waals surface area contributed by atoms with Gasteiger partial charge in [0.2, 0.25) is 0 Å². The standard InChI is InChI=1S/C14H15F3N2O2/c15-14(16,17)10-2-4-11(5-3-10)19-9-13(21-12(19)20)6-1-7-18-8-13/h2-5,18H,1,6-9H2. The SMILES string of the molecule is O=C1OC2(CCCNC2)CN1c1ccc(C(F)(F)F)cc1. The molecular formula is C14H15F3N2O2. The van der Waals surface area contributed by atoms with E-state index in [0.717, 1.165) is 31.5 Å². The normalized spacial score (nSPS) is 26.2. The molecule has 1 spiro atoms. The lowest BCUT2D eigenvalue weighted by Crippen LogP contribution is -2.48. The lowest BCUT2D eigenvalue weighted by molar-refractivity contribution is -0.137. The van der Waals surface area contributed by atoms with Gasteiger partial charge in [-0.05, 0) is 43.7 Å². The van der Waals surface area contributed by atoms with E-state index >= 15 is 0 Å². The summed E-state index contributed by atoms with van der Waals surface area (Å²) < 4.78 is 43.1. The first-order valence-electron chi connectivity index (χ1n) is 6.78. The van der Waals surface area contributed by atoms with Crippen LogP contribution in [-0.4, -0.2) is 31.3 Å². The largest absolute Gasteiger partial charge is 0.439 e. The maximum Gasteiger partial charge on any atom is 0.416 e. The Bertz CT molecular complexity index is 536. The van der Waals surface area contributed by atoms with Gasteiger partial charge >= 0.3 is 12.3 Å². The van der Waals surface area contributed by atoms with Gasteiger partial charge in [0.1, 0.15) is 5.60 Å². The van der Waals surface area contributed by atoms with Crippen molar-refractivity contribution in [2.24, 2.45) is 0 Å². The molecule has 2 aliphatic heterocycles. The molecule has 1 unspecified atom stereocenters. The van der Waals surface area contributed by atoms with Crippen molar-refractivity contribution in [2.75, 3.05) is 24.5 Å². The van der Waals surface area contributed by atoms with Gasteiger partial charge in [0.15, 0.2) is 0 Å². The van der Waals surface area contributed by atoms with Gasteiger partial charge in [-0.3, -0.25) is 4.90 Å². The third-order valence-corrected chi connectivity index (χ3v) is 3.91. The Morgan fingerprint density at radius 1 is 1.24 bits per heavy atom. The molecule has 1 aromatic rings. The van der Waals surface area contributed by atoms with Crippen LogP contribution in [0.4, 0.5) is 23.7 Å². The van der Waals surface area contributed by atoms with E-state index in [-0.39, 0.29) is 0 Å². The highest BCUT2D eigenvalue weighted by molar-refractivity contribution is 5.90. The van der Waals surface area contributed by atoms with Gasteiger partial charge < -0.3 is 10.1 Å². The monoisotopic (exact) mass is 300 g/mol. The summed E-state index contributed by atoms with van der Waals surface area (Å²) in [6.45, 7) is 1.83. The summed E-state index contributed by atoms with van der Waals surface area (Å²) in [5.41, 5.74) is -0.860. The lowest BCUT2D eigenvalue weighted by Gasteiger charge is -2.31. The van der Waals surface area contributed by atoms with Crippen LogP contribution in [0.3, 0.4) is 0 Å². The van der Waals surface area contributed by atoms with Gasteiger partial charge in [-0.2, -0.15) is 13.2 Å². The zero-order valence-corrected chi connectivity index (χ0v) is 11.2. The second kappa shape index (κ2) is 4.91. The van der Waals surface area contributed by atoms with E-state index in [1.165, 1.54) is 17.0 Å². The Morgan fingerprint density at radius 2 is 1.95 bits per heavy atom. The van der Waals surface area contributed by atoms with Crippen LogP contribution in [-0.2, 0) is 10.9 Å². The molecule has 2 heterocycles. The number of nitrogens with zero attached hydrogens (tertiary/aromatic N) is 1. The van der Waals surface area contributed by atoms with Gasteiger partial charge in [0.05, 0.1) is 12.1 Å². The molecule has 114 valence electrons. The molecule has 3 rings (SSSR count). The van der Waals surface area contributed by atoms with E-state index in [4.69, 9.17) is 4.74 Å². The molecule has 2 saturated heterocycles. The van der Waals surface area contributed by atoms with E-state index < -0.39 is 23.4 Å². The van der Waals surface area contributed by atoms with E-state index in [1.807, 2.05) is 0 Å². The number of carbonyl (C=O) groups is 1. The minimum atomic E-state index is -4.38. The zero-order valence-electron chi connectivity index (χ0n) is 11.2. The van der Waals surface area contributed by atoms with Crippen molar-refractivity contribution in [1.29, 1.82) is 0 Å². The number of nitrogens with one attached hydrogen (secondary N) is 1. The fraction of sp³-hybridized carbons (Fsp3) is 0.500. The van der Waals surface area contributed by atoms with E-state index in [2.05, 4.69) is 5.32 Å². The minimum absolute atomic E-state index is 0.365. The quantitative estimate of drug-likeness (QED) is 0.867. The van der Waals surface area contributed by atoms with E-state index in [1.54, 1.807) is 0 Å². The molecule has 0 bridgehead atoms. The number of hydrogen-bond donors (Lipinski definition) is 1. The fourth-order valence-electron chi connectivity index (χ4n) is 2.81. The molecular weight excluding hydrogens is 285 g/mol. The average molecular weight is 300 g/mol. The molecule has 1 atom stereocenters. The number of amides is 1. The predicted molar refractivity (Wildman–Crippen MR) is 70.1 cm³/mol. The first-order chi connectivity index (χ1) is 9.90. The number of ether oxygens (including phenoxy) is 1. The third-order valence-electron chi connectivity index (χ3n) is 3.91. The van der Waals surface area contributed by atoms with Gasteiger partial charge in [0.25, 0.3) is 0 Å². The van der Waals surface area contributed by atoms with Crippen molar-refractivity contribution in [1.82, 2.24) is 5.32 Å². The molecule has 1 aromatic carbocycles. The summed E-state index contributed by atoms with van der Waals surface area (Å²) in [5, 5.41) is 3.19. The van der Waals surface area contributed by atoms with Crippen molar-refractivity contribution in [2.45, 2.75) is 24.6 Å². The summed E-state index contributed by atoms with van der Waals surface area (Å²) in [6, 6.07) is 4.57. The van der Waals surface area contributed by atoms with Crippen molar-refractivity contribution in [3.05, 3.63) is 29.8 Å². The Balaban J connectivity index is 1.79. The summed E-state index contributed by atoms with van der Waals surface area (Å²) >= 11 is 0. The Hall–Kier alpha value is -1.76. The van der Waals surface area contributed by atoms with Crippen molar-refractivity contribution < 1.29 is 22.7 Å². The highest BCUT2D eigenvalue weighted by Crippen LogP contribution is 2.34. The number of alkyl halides is 3. The van der Waals surface area contributed by atoms with E-state index in [0.29, 0.717) is 18.8 Å². The summed E-state index contributed by atoms with van der Waals surface area (Å²) in [7, 11) is 0. The van der Waals surface area contributed by atoms with E-state index in [9.17, 15) is 18.0 Å². The first-order valence-corrected chi connectivity index (χ1v) is 6.78.